The molecule has 0 heterocycles. The van der Waals surface area contributed by atoms with Crippen LogP contribution in [-0.4, -0.2) is 24.2 Å². The molecule has 1 aromatic rings. The van der Waals surface area contributed by atoms with Crippen LogP contribution in [0.3, 0.4) is 0 Å². The predicted octanol–water partition coefficient (Wildman–Crippen LogP) is 1.87. The van der Waals surface area contributed by atoms with Crippen molar-refractivity contribution in [3.8, 4) is 0 Å². The van der Waals surface area contributed by atoms with Crippen molar-refractivity contribution in [2.75, 3.05) is 13.2 Å². The van der Waals surface area contributed by atoms with Crippen LogP contribution >= 0.6 is 12.6 Å². The molecule has 2 rings (SSSR count). The molecule has 1 saturated carbocycles. The van der Waals surface area contributed by atoms with E-state index in [9.17, 15) is 4.79 Å². The van der Waals surface area contributed by atoms with Crippen molar-refractivity contribution in [2.45, 2.75) is 24.2 Å². The molecule has 1 amide bonds. The van der Waals surface area contributed by atoms with Crippen LogP contribution in [0.1, 0.15) is 29.6 Å². The van der Waals surface area contributed by atoms with Crippen LogP contribution < -0.4 is 5.32 Å². The maximum atomic E-state index is 11.9. The van der Waals surface area contributed by atoms with Gasteiger partial charge in [-0.25, -0.2) is 0 Å². The molecule has 0 aromatic heterocycles. The van der Waals surface area contributed by atoms with Crippen molar-refractivity contribution < 1.29 is 9.90 Å². The minimum atomic E-state index is -0.0835. The number of benzene rings is 1. The average molecular weight is 251 g/mol. The number of hydrogen-bond acceptors (Lipinski definition) is 3. The van der Waals surface area contributed by atoms with Crippen LogP contribution in [0, 0.1) is 5.41 Å². The molecule has 0 spiro atoms. The lowest BCUT2D eigenvalue weighted by Gasteiger charge is -2.15. The summed E-state index contributed by atoms with van der Waals surface area (Å²) in [7, 11) is 0. The zero-order valence-corrected chi connectivity index (χ0v) is 10.5. The molecule has 2 N–H and O–H groups in total. The number of hydrogen-bond donors (Lipinski definition) is 3. The van der Waals surface area contributed by atoms with Gasteiger partial charge in [-0.05, 0) is 36.8 Å². The van der Waals surface area contributed by atoms with Gasteiger partial charge in [0.2, 0.25) is 0 Å². The summed E-state index contributed by atoms with van der Waals surface area (Å²) >= 11 is 4.26. The van der Waals surface area contributed by atoms with Crippen LogP contribution in [0.5, 0.6) is 0 Å². The fourth-order valence-corrected chi connectivity index (χ4v) is 2.22. The Balaban J connectivity index is 1.92. The van der Waals surface area contributed by atoms with Crippen molar-refractivity contribution in [1.29, 1.82) is 0 Å². The molecule has 17 heavy (non-hydrogen) atoms. The van der Waals surface area contributed by atoms with E-state index in [2.05, 4.69) is 17.9 Å². The third-order valence-corrected chi connectivity index (χ3v) is 3.76. The van der Waals surface area contributed by atoms with Gasteiger partial charge in [0.05, 0.1) is 5.56 Å². The van der Waals surface area contributed by atoms with E-state index < -0.39 is 0 Å². The first-order valence-corrected chi connectivity index (χ1v) is 6.29. The van der Waals surface area contributed by atoms with E-state index in [-0.39, 0.29) is 17.9 Å². The monoisotopic (exact) mass is 251 g/mol. The van der Waals surface area contributed by atoms with Crippen LogP contribution in [0.2, 0.25) is 0 Å². The van der Waals surface area contributed by atoms with E-state index in [1.807, 2.05) is 12.1 Å². The SMILES string of the molecule is O=C(NCC1(CCO)CC1)c1ccccc1S. The lowest BCUT2D eigenvalue weighted by atomic mass is 10.0. The Bertz CT molecular complexity index is 416. The van der Waals surface area contributed by atoms with Gasteiger partial charge in [0.25, 0.3) is 5.91 Å². The zero-order chi connectivity index (χ0) is 12.3. The molecule has 0 atom stereocenters. The molecular formula is C13H17NO2S. The normalized spacial score (nSPS) is 16.6. The quantitative estimate of drug-likeness (QED) is 0.700. The summed E-state index contributed by atoms with van der Waals surface area (Å²) in [6.07, 6.45) is 2.96. The first kappa shape index (κ1) is 12.5. The number of carbonyl (C=O) groups is 1. The van der Waals surface area contributed by atoms with Gasteiger partial charge in [-0.3, -0.25) is 4.79 Å². The Kier molecular flexibility index (Phi) is 3.74. The third kappa shape index (κ3) is 3.01. The molecule has 0 radical (unpaired) electrons. The van der Waals surface area contributed by atoms with Crippen LogP contribution in [0.4, 0.5) is 0 Å². The second-order valence-corrected chi connectivity index (χ2v) is 5.16. The van der Waals surface area contributed by atoms with Gasteiger partial charge in [-0.2, -0.15) is 0 Å². The van der Waals surface area contributed by atoms with E-state index in [1.165, 1.54) is 0 Å². The molecule has 0 unspecified atom stereocenters. The molecule has 1 aliphatic carbocycles. The molecule has 3 nitrogen and oxygen atoms in total. The summed E-state index contributed by atoms with van der Waals surface area (Å²) in [6.45, 7) is 0.841. The van der Waals surface area contributed by atoms with Crippen LogP contribution in [0.15, 0.2) is 29.2 Å². The summed E-state index contributed by atoms with van der Waals surface area (Å²) < 4.78 is 0. The second kappa shape index (κ2) is 5.10. The number of thiol groups is 1. The summed E-state index contributed by atoms with van der Waals surface area (Å²) in [6, 6.07) is 7.25. The van der Waals surface area contributed by atoms with Gasteiger partial charge in [-0.1, -0.05) is 12.1 Å². The van der Waals surface area contributed by atoms with Crippen molar-refractivity contribution in [3.05, 3.63) is 29.8 Å². The maximum Gasteiger partial charge on any atom is 0.252 e. The Morgan fingerprint density at radius 3 is 2.71 bits per heavy atom. The fourth-order valence-electron chi connectivity index (χ4n) is 1.96. The number of amides is 1. The Labute approximate surface area is 107 Å². The van der Waals surface area contributed by atoms with Gasteiger partial charge in [0.1, 0.15) is 0 Å². The van der Waals surface area contributed by atoms with Crippen molar-refractivity contribution in [1.82, 2.24) is 5.32 Å². The minimum Gasteiger partial charge on any atom is -0.396 e. The number of carbonyl (C=O) groups excluding carboxylic acids is 1. The summed E-state index contributed by atoms with van der Waals surface area (Å²) in [5.41, 5.74) is 0.756. The van der Waals surface area contributed by atoms with Crippen LogP contribution in [0.25, 0.3) is 0 Å². The van der Waals surface area contributed by atoms with Gasteiger partial charge in [0.15, 0.2) is 0 Å². The molecule has 0 bridgehead atoms. The largest absolute Gasteiger partial charge is 0.396 e. The highest BCUT2D eigenvalue weighted by Gasteiger charge is 2.41. The van der Waals surface area contributed by atoms with Gasteiger partial charge in [-0.15, -0.1) is 12.6 Å². The molecule has 0 aliphatic heterocycles. The van der Waals surface area contributed by atoms with Gasteiger partial charge >= 0.3 is 0 Å². The predicted molar refractivity (Wildman–Crippen MR) is 69.4 cm³/mol. The highest BCUT2D eigenvalue weighted by Crippen LogP contribution is 2.47. The van der Waals surface area contributed by atoms with Crippen molar-refractivity contribution in [2.24, 2.45) is 5.41 Å². The number of rotatable bonds is 5. The first-order chi connectivity index (χ1) is 8.17. The van der Waals surface area contributed by atoms with Crippen LogP contribution in [-0.2, 0) is 0 Å². The van der Waals surface area contributed by atoms with Gasteiger partial charge < -0.3 is 10.4 Å². The number of aliphatic hydroxyl groups is 1. The zero-order valence-electron chi connectivity index (χ0n) is 9.65. The molecule has 0 saturated heterocycles. The average Bonchev–Trinajstić information content (AvgIpc) is 3.08. The first-order valence-electron chi connectivity index (χ1n) is 5.84. The standard InChI is InChI=1S/C13H17NO2S/c15-8-7-13(5-6-13)9-14-12(16)10-3-1-2-4-11(10)17/h1-4,15,17H,5-9H2,(H,14,16). The Morgan fingerprint density at radius 1 is 1.41 bits per heavy atom. The molecule has 4 heteroatoms. The summed E-state index contributed by atoms with van der Waals surface area (Å²) in [4.78, 5) is 12.6. The minimum absolute atomic E-state index is 0.0835. The Morgan fingerprint density at radius 2 is 2.12 bits per heavy atom. The molecule has 1 fully saturated rings. The Hall–Kier alpha value is -1.00. The molecular weight excluding hydrogens is 234 g/mol. The highest BCUT2D eigenvalue weighted by atomic mass is 32.1. The van der Waals surface area contributed by atoms with Crippen molar-refractivity contribution in [3.63, 3.8) is 0 Å². The van der Waals surface area contributed by atoms with Crippen molar-refractivity contribution >= 4 is 18.5 Å². The van der Waals surface area contributed by atoms with E-state index in [0.29, 0.717) is 17.0 Å². The van der Waals surface area contributed by atoms with Gasteiger partial charge in [0, 0.05) is 18.0 Å². The molecule has 92 valence electrons. The summed E-state index contributed by atoms with van der Waals surface area (Å²) in [5.74, 6) is -0.0835. The second-order valence-electron chi connectivity index (χ2n) is 4.67. The smallest absolute Gasteiger partial charge is 0.252 e. The molecule has 1 aromatic carbocycles. The third-order valence-electron chi connectivity index (χ3n) is 3.37. The number of aliphatic hydroxyl groups excluding tert-OH is 1. The topological polar surface area (TPSA) is 49.3 Å². The summed E-state index contributed by atoms with van der Waals surface area (Å²) in [5, 5.41) is 11.9. The lowest BCUT2D eigenvalue weighted by Crippen LogP contribution is -2.30. The highest BCUT2D eigenvalue weighted by molar-refractivity contribution is 7.80. The maximum absolute atomic E-state index is 11.9. The van der Waals surface area contributed by atoms with E-state index >= 15 is 0 Å². The van der Waals surface area contributed by atoms with E-state index in [1.54, 1.807) is 12.1 Å². The number of nitrogens with one attached hydrogen (secondary N) is 1. The van der Waals surface area contributed by atoms with E-state index in [4.69, 9.17) is 5.11 Å². The fraction of sp³-hybridized carbons (Fsp3) is 0.462. The van der Waals surface area contributed by atoms with E-state index in [0.717, 1.165) is 19.3 Å². The molecule has 1 aliphatic rings. The lowest BCUT2D eigenvalue weighted by molar-refractivity contribution is 0.0938.